The van der Waals surface area contributed by atoms with E-state index in [9.17, 15) is 0 Å². The summed E-state index contributed by atoms with van der Waals surface area (Å²) in [5, 5.41) is 7.80. The Balaban J connectivity index is 1.32. The van der Waals surface area contributed by atoms with Crippen molar-refractivity contribution in [3.05, 3.63) is 150 Å². The summed E-state index contributed by atoms with van der Waals surface area (Å²) in [4.78, 5) is 0. The first-order chi connectivity index (χ1) is 21.2. The Bertz CT molecular complexity index is 2530. The minimum Gasteiger partial charge on any atom is -0.309 e. The molecule has 0 atom stereocenters. The molecule has 0 amide bonds. The Labute approximate surface area is 261 Å². The van der Waals surface area contributed by atoms with Gasteiger partial charge >= 0.3 is 0 Å². The summed E-state index contributed by atoms with van der Waals surface area (Å²) in [7, 11) is 0. The molecule has 0 fully saturated rings. The highest BCUT2D eigenvalue weighted by Gasteiger charge is 2.16. The van der Waals surface area contributed by atoms with Gasteiger partial charge in [-0.1, -0.05) is 113 Å². The quantitative estimate of drug-likeness (QED) is 0.183. The lowest BCUT2D eigenvalue weighted by molar-refractivity contribution is 1.19. The van der Waals surface area contributed by atoms with Crippen molar-refractivity contribution in [2.24, 2.45) is 0 Å². The first-order valence-electron chi connectivity index (χ1n) is 14.5. The number of hydrogen-bond acceptors (Lipinski definition) is 1. The molecular weight excluding hydrogens is 606 g/mol. The van der Waals surface area contributed by atoms with Crippen LogP contribution >= 0.6 is 27.3 Å². The van der Waals surface area contributed by atoms with Crippen molar-refractivity contribution in [1.82, 2.24) is 4.57 Å². The van der Waals surface area contributed by atoms with Gasteiger partial charge in [0.15, 0.2) is 0 Å². The topological polar surface area (TPSA) is 4.93 Å². The fourth-order valence-corrected chi connectivity index (χ4v) is 8.23. The van der Waals surface area contributed by atoms with Gasteiger partial charge in [0.1, 0.15) is 0 Å². The van der Waals surface area contributed by atoms with Gasteiger partial charge in [-0.15, -0.1) is 11.3 Å². The zero-order valence-electron chi connectivity index (χ0n) is 23.1. The van der Waals surface area contributed by atoms with Crippen LogP contribution in [0.5, 0.6) is 0 Å². The summed E-state index contributed by atoms with van der Waals surface area (Å²) >= 11 is 5.54. The molecule has 0 aliphatic rings. The highest BCUT2D eigenvalue weighted by Crippen LogP contribution is 2.42. The molecule has 202 valence electrons. The van der Waals surface area contributed by atoms with Crippen LogP contribution in [-0.2, 0) is 0 Å². The number of nitrogens with zero attached hydrogens (tertiary/aromatic N) is 1. The highest BCUT2D eigenvalue weighted by molar-refractivity contribution is 9.10. The number of hydrogen-bond donors (Lipinski definition) is 0. The fourth-order valence-electron chi connectivity index (χ4n) is 6.73. The summed E-state index contributed by atoms with van der Waals surface area (Å²) in [5.74, 6) is 0. The molecule has 1 nitrogen and oxygen atoms in total. The van der Waals surface area contributed by atoms with E-state index in [-0.39, 0.29) is 0 Å². The molecule has 0 spiro atoms. The number of halogens is 1. The van der Waals surface area contributed by atoms with E-state index < -0.39 is 0 Å². The van der Waals surface area contributed by atoms with Gasteiger partial charge in [-0.25, -0.2) is 0 Å². The zero-order chi connectivity index (χ0) is 28.5. The average molecular weight is 631 g/mol. The first-order valence-corrected chi connectivity index (χ1v) is 16.1. The minimum atomic E-state index is 1.08. The van der Waals surface area contributed by atoms with Gasteiger partial charge in [-0.2, -0.15) is 0 Å². The fraction of sp³-hybridized carbons (Fsp3) is 0. The normalized spacial score (nSPS) is 11.8. The van der Waals surface area contributed by atoms with E-state index in [1.165, 1.54) is 80.7 Å². The molecule has 0 unspecified atom stereocenters. The van der Waals surface area contributed by atoms with Crippen molar-refractivity contribution in [1.29, 1.82) is 0 Å². The predicted molar refractivity (Wildman–Crippen MR) is 190 cm³/mol. The van der Waals surface area contributed by atoms with Crippen molar-refractivity contribution < 1.29 is 0 Å². The van der Waals surface area contributed by atoms with E-state index in [0.717, 1.165) is 4.47 Å². The molecular formula is C40H24BrNS. The van der Waals surface area contributed by atoms with E-state index in [0.29, 0.717) is 0 Å². The molecule has 0 radical (unpaired) electrons. The summed E-state index contributed by atoms with van der Waals surface area (Å²) in [6, 6.07) is 53.2. The molecule has 9 aromatic rings. The molecule has 0 aliphatic heterocycles. The Morgan fingerprint density at radius 1 is 0.465 bits per heavy atom. The number of benzene rings is 7. The Kier molecular flexibility index (Phi) is 5.59. The van der Waals surface area contributed by atoms with Gasteiger partial charge in [0.2, 0.25) is 0 Å². The van der Waals surface area contributed by atoms with E-state index in [1.54, 1.807) is 0 Å². The maximum Gasteiger partial charge on any atom is 0.0547 e. The van der Waals surface area contributed by atoms with E-state index >= 15 is 0 Å². The van der Waals surface area contributed by atoms with E-state index in [2.05, 4.69) is 166 Å². The van der Waals surface area contributed by atoms with Gasteiger partial charge in [0.25, 0.3) is 0 Å². The van der Waals surface area contributed by atoms with Crippen LogP contribution in [0.4, 0.5) is 0 Å². The zero-order valence-corrected chi connectivity index (χ0v) is 25.5. The lowest BCUT2D eigenvalue weighted by Gasteiger charge is -2.13. The number of aromatic nitrogens is 1. The van der Waals surface area contributed by atoms with Crippen LogP contribution in [0.25, 0.3) is 80.7 Å². The third-order valence-corrected chi connectivity index (χ3v) is 10.3. The van der Waals surface area contributed by atoms with Crippen LogP contribution in [0.1, 0.15) is 0 Å². The average Bonchev–Trinajstić information content (AvgIpc) is 3.60. The monoisotopic (exact) mass is 629 g/mol. The van der Waals surface area contributed by atoms with Crippen LogP contribution < -0.4 is 0 Å². The van der Waals surface area contributed by atoms with E-state index in [1.807, 2.05) is 11.3 Å². The molecule has 2 heterocycles. The molecule has 2 aromatic heterocycles. The second-order valence-corrected chi connectivity index (χ2v) is 13.1. The van der Waals surface area contributed by atoms with Crippen molar-refractivity contribution in [3.63, 3.8) is 0 Å². The van der Waals surface area contributed by atoms with Crippen LogP contribution in [0.3, 0.4) is 0 Å². The molecule has 0 saturated heterocycles. The molecule has 0 bridgehead atoms. The van der Waals surface area contributed by atoms with Crippen LogP contribution in [0.2, 0.25) is 0 Å². The second kappa shape index (κ2) is 9.67. The Morgan fingerprint density at radius 3 is 2.05 bits per heavy atom. The maximum absolute atomic E-state index is 3.67. The lowest BCUT2D eigenvalue weighted by Crippen LogP contribution is -1.94. The van der Waals surface area contributed by atoms with Gasteiger partial charge in [-0.05, 0) is 81.6 Å². The minimum absolute atomic E-state index is 1.08. The standard InChI is InChI=1S/C40H24BrNS/c41-28-10-7-9-26(22-28)30-11-3-4-12-31(30)27-16-19-34-33-14-5-6-15-36(33)42(37(34)23-27)29-18-21-38-35(24-29)40-32-13-2-1-8-25(32)17-20-39(40)43-38/h1-24H. The number of rotatable bonds is 3. The highest BCUT2D eigenvalue weighted by atomic mass is 79.9. The second-order valence-electron chi connectivity index (χ2n) is 11.1. The van der Waals surface area contributed by atoms with Gasteiger partial charge < -0.3 is 4.57 Å². The summed E-state index contributed by atoms with van der Waals surface area (Å²) in [6.07, 6.45) is 0. The number of fused-ring (bicyclic) bond motifs is 8. The van der Waals surface area contributed by atoms with Crippen LogP contribution in [-0.4, -0.2) is 4.57 Å². The first kappa shape index (κ1) is 24.9. The van der Waals surface area contributed by atoms with E-state index in [4.69, 9.17) is 0 Å². The van der Waals surface area contributed by atoms with Crippen LogP contribution in [0.15, 0.2) is 150 Å². The van der Waals surface area contributed by atoms with Crippen LogP contribution in [0, 0.1) is 0 Å². The van der Waals surface area contributed by atoms with Crippen molar-refractivity contribution in [2.75, 3.05) is 0 Å². The van der Waals surface area contributed by atoms with Crippen molar-refractivity contribution in [3.8, 4) is 27.9 Å². The van der Waals surface area contributed by atoms with Crippen molar-refractivity contribution in [2.45, 2.75) is 0 Å². The summed E-state index contributed by atoms with van der Waals surface area (Å²) in [6.45, 7) is 0. The maximum atomic E-state index is 3.67. The molecule has 0 saturated carbocycles. The Hall–Kier alpha value is -4.70. The van der Waals surface area contributed by atoms with Crippen molar-refractivity contribution >= 4 is 80.0 Å². The predicted octanol–water partition coefficient (Wildman–Crippen LogP) is 12.4. The molecule has 43 heavy (non-hydrogen) atoms. The largest absolute Gasteiger partial charge is 0.309 e. The lowest BCUT2D eigenvalue weighted by atomic mass is 9.94. The Morgan fingerprint density at radius 2 is 1.19 bits per heavy atom. The molecule has 7 aromatic carbocycles. The summed E-state index contributed by atoms with van der Waals surface area (Å²) in [5.41, 5.74) is 8.48. The molecule has 9 rings (SSSR count). The smallest absolute Gasteiger partial charge is 0.0547 e. The van der Waals surface area contributed by atoms with Gasteiger partial charge in [0, 0.05) is 41.1 Å². The molecule has 0 N–H and O–H groups in total. The number of para-hydroxylation sites is 1. The third-order valence-electron chi connectivity index (χ3n) is 8.65. The SMILES string of the molecule is Brc1cccc(-c2ccccc2-c2ccc3c4ccccc4n(-c4ccc5sc6ccc7ccccc7c6c5c4)c3c2)c1. The van der Waals surface area contributed by atoms with Gasteiger partial charge in [0.05, 0.1) is 11.0 Å². The summed E-state index contributed by atoms with van der Waals surface area (Å²) < 4.78 is 6.18. The molecule has 0 aliphatic carbocycles. The van der Waals surface area contributed by atoms with Gasteiger partial charge in [-0.3, -0.25) is 0 Å². The number of thiophene rings is 1. The third kappa shape index (κ3) is 3.89. The molecule has 3 heteroatoms.